The molecule has 4 heteroatoms. The van der Waals surface area contributed by atoms with Crippen LogP contribution in [0.5, 0.6) is 5.75 Å². The molecule has 0 aromatic heterocycles. The summed E-state index contributed by atoms with van der Waals surface area (Å²) in [4.78, 5) is 11.7. The maximum atomic E-state index is 11.7. The summed E-state index contributed by atoms with van der Waals surface area (Å²) >= 11 is 0. The first-order valence-corrected chi connectivity index (χ1v) is 7.03. The van der Waals surface area contributed by atoms with E-state index in [1.807, 2.05) is 12.1 Å². The van der Waals surface area contributed by atoms with Crippen molar-refractivity contribution in [1.29, 1.82) is 0 Å². The van der Waals surface area contributed by atoms with Gasteiger partial charge < -0.3 is 15.4 Å². The molecule has 0 aliphatic rings. The van der Waals surface area contributed by atoms with Crippen LogP contribution in [0.2, 0.25) is 0 Å². The van der Waals surface area contributed by atoms with Crippen LogP contribution in [0.1, 0.15) is 38.8 Å². The van der Waals surface area contributed by atoms with Crippen molar-refractivity contribution in [3.05, 3.63) is 29.3 Å². The highest BCUT2D eigenvalue weighted by Crippen LogP contribution is 2.20. The minimum Gasteiger partial charge on any atom is -0.496 e. The second-order valence-electron chi connectivity index (χ2n) is 6.10. The van der Waals surface area contributed by atoms with Crippen molar-refractivity contribution in [2.75, 3.05) is 13.7 Å². The van der Waals surface area contributed by atoms with Gasteiger partial charge in [0.25, 0.3) is 0 Å². The third-order valence-electron chi connectivity index (χ3n) is 2.96. The minimum atomic E-state index is -0.131. The molecule has 0 saturated heterocycles. The van der Waals surface area contributed by atoms with E-state index >= 15 is 0 Å². The first-order chi connectivity index (χ1) is 9.35. The molecule has 20 heavy (non-hydrogen) atoms. The molecule has 0 spiro atoms. The summed E-state index contributed by atoms with van der Waals surface area (Å²) in [5, 5.41) is 5.74. The lowest BCUT2D eigenvalue weighted by Gasteiger charge is -2.19. The molecule has 4 nitrogen and oxygen atoms in total. The predicted octanol–water partition coefficient (Wildman–Crippen LogP) is 3.10. The molecule has 1 aromatic rings. The lowest BCUT2D eigenvalue weighted by molar-refractivity contribution is 0.235. The van der Waals surface area contributed by atoms with Gasteiger partial charge in [0.05, 0.1) is 7.11 Å². The quantitative estimate of drug-likeness (QED) is 0.869. The number of amides is 2. The van der Waals surface area contributed by atoms with Crippen LogP contribution in [-0.2, 0) is 13.0 Å². The van der Waals surface area contributed by atoms with E-state index in [-0.39, 0.29) is 11.4 Å². The number of methoxy groups -OCH3 is 1. The fourth-order valence-electron chi connectivity index (χ4n) is 1.81. The molecule has 0 unspecified atom stereocenters. The summed E-state index contributed by atoms with van der Waals surface area (Å²) in [7, 11) is 1.67. The lowest BCUT2D eigenvalue weighted by Crippen LogP contribution is -2.39. The van der Waals surface area contributed by atoms with E-state index in [4.69, 9.17) is 4.74 Å². The second kappa shape index (κ2) is 7.17. The zero-order chi connectivity index (χ0) is 15.2. The summed E-state index contributed by atoms with van der Waals surface area (Å²) in [6.07, 6.45) is 0.910. The zero-order valence-corrected chi connectivity index (χ0v) is 13.2. The van der Waals surface area contributed by atoms with E-state index in [0.29, 0.717) is 13.1 Å². The monoisotopic (exact) mass is 278 g/mol. The van der Waals surface area contributed by atoms with Gasteiger partial charge in [0.2, 0.25) is 0 Å². The van der Waals surface area contributed by atoms with Crippen molar-refractivity contribution in [3.63, 3.8) is 0 Å². The molecule has 1 rings (SSSR count). The van der Waals surface area contributed by atoms with Gasteiger partial charge in [-0.1, -0.05) is 39.8 Å². The van der Waals surface area contributed by atoms with Crippen LogP contribution in [0.25, 0.3) is 0 Å². The number of carbonyl (C=O) groups excluding carboxylic acids is 1. The van der Waals surface area contributed by atoms with Crippen molar-refractivity contribution in [3.8, 4) is 5.75 Å². The van der Waals surface area contributed by atoms with Gasteiger partial charge in [0.1, 0.15) is 5.75 Å². The molecule has 0 aliphatic heterocycles. The summed E-state index contributed by atoms with van der Waals surface area (Å²) in [5.74, 6) is 0.897. The molecule has 0 radical (unpaired) electrons. The number of aryl methyl sites for hydroxylation is 1. The Bertz CT molecular complexity index is 450. The van der Waals surface area contributed by atoms with Gasteiger partial charge in [0.15, 0.2) is 0 Å². The van der Waals surface area contributed by atoms with Gasteiger partial charge in [-0.25, -0.2) is 4.79 Å². The molecular weight excluding hydrogens is 252 g/mol. The third kappa shape index (κ3) is 5.51. The van der Waals surface area contributed by atoms with Gasteiger partial charge in [-0.15, -0.1) is 0 Å². The van der Waals surface area contributed by atoms with Crippen LogP contribution in [-0.4, -0.2) is 19.7 Å². The van der Waals surface area contributed by atoms with E-state index in [9.17, 15) is 4.79 Å². The van der Waals surface area contributed by atoms with E-state index in [1.165, 1.54) is 0 Å². The van der Waals surface area contributed by atoms with E-state index in [2.05, 4.69) is 44.4 Å². The normalized spacial score (nSPS) is 11.1. The average Bonchev–Trinajstić information content (AvgIpc) is 2.41. The number of rotatable bonds is 5. The smallest absolute Gasteiger partial charge is 0.315 e. The van der Waals surface area contributed by atoms with Crippen LogP contribution in [0, 0.1) is 5.41 Å². The SMILES string of the molecule is CCc1cc(CNC(=O)NCC(C)(C)C)ccc1OC. The Labute approximate surface area is 121 Å². The number of ether oxygens (including phenoxy) is 1. The number of nitrogens with one attached hydrogen (secondary N) is 2. The van der Waals surface area contributed by atoms with Crippen molar-refractivity contribution >= 4 is 6.03 Å². The van der Waals surface area contributed by atoms with Crippen molar-refractivity contribution in [1.82, 2.24) is 10.6 Å². The van der Waals surface area contributed by atoms with Crippen LogP contribution in [0.4, 0.5) is 4.79 Å². The van der Waals surface area contributed by atoms with Gasteiger partial charge in [-0.3, -0.25) is 0 Å². The van der Waals surface area contributed by atoms with Crippen LogP contribution >= 0.6 is 0 Å². The van der Waals surface area contributed by atoms with Crippen LogP contribution in [0.15, 0.2) is 18.2 Å². The summed E-state index contributed by atoms with van der Waals surface area (Å²) in [6.45, 7) is 9.53. The van der Waals surface area contributed by atoms with E-state index in [1.54, 1.807) is 7.11 Å². The van der Waals surface area contributed by atoms with Crippen molar-refractivity contribution in [2.45, 2.75) is 40.7 Å². The molecule has 2 amide bonds. The zero-order valence-electron chi connectivity index (χ0n) is 13.2. The average molecular weight is 278 g/mol. The number of carbonyl (C=O) groups is 1. The van der Waals surface area contributed by atoms with E-state index < -0.39 is 0 Å². The van der Waals surface area contributed by atoms with Crippen molar-refractivity contribution < 1.29 is 9.53 Å². The Kier molecular flexibility index (Phi) is 5.86. The molecule has 0 fully saturated rings. The molecule has 112 valence electrons. The fraction of sp³-hybridized carbons (Fsp3) is 0.562. The lowest BCUT2D eigenvalue weighted by atomic mass is 9.97. The van der Waals surface area contributed by atoms with Gasteiger partial charge >= 0.3 is 6.03 Å². The molecular formula is C16H26N2O2. The Morgan fingerprint density at radius 3 is 2.50 bits per heavy atom. The molecule has 2 N–H and O–H groups in total. The first-order valence-electron chi connectivity index (χ1n) is 7.03. The predicted molar refractivity (Wildman–Crippen MR) is 82.1 cm³/mol. The fourth-order valence-corrected chi connectivity index (χ4v) is 1.81. The highest BCUT2D eigenvalue weighted by atomic mass is 16.5. The molecule has 0 aliphatic carbocycles. The molecule has 1 aromatic carbocycles. The first kappa shape index (κ1) is 16.3. The second-order valence-corrected chi connectivity index (χ2v) is 6.10. The Morgan fingerprint density at radius 1 is 1.25 bits per heavy atom. The van der Waals surface area contributed by atoms with Gasteiger partial charge in [-0.05, 0) is 29.0 Å². The Hall–Kier alpha value is -1.71. The van der Waals surface area contributed by atoms with Crippen molar-refractivity contribution in [2.24, 2.45) is 5.41 Å². The summed E-state index contributed by atoms with van der Waals surface area (Å²) in [5.41, 5.74) is 2.32. The largest absolute Gasteiger partial charge is 0.496 e. The Balaban J connectivity index is 2.51. The van der Waals surface area contributed by atoms with Crippen LogP contribution in [0.3, 0.4) is 0 Å². The third-order valence-corrected chi connectivity index (χ3v) is 2.96. The highest BCUT2D eigenvalue weighted by Gasteiger charge is 2.11. The number of hydrogen-bond donors (Lipinski definition) is 2. The van der Waals surface area contributed by atoms with Gasteiger partial charge in [-0.2, -0.15) is 0 Å². The minimum absolute atomic E-state index is 0.0901. The maximum absolute atomic E-state index is 11.7. The number of benzene rings is 1. The Morgan fingerprint density at radius 2 is 1.95 bits per heavy atom. The van der Waals surface area contributed by atoms with Gasteiger partial charge in [0, 0.05) is 13.1 Å². The molecule has 0 saturated carbocycles. The number of hydrogen-bond acceptors (Lipinski definition) is 2. The number of urea groups is 1. The van der Waals surface area contributed by atoms with Crippen LogP contribution < -0.4 is 15.4 Å². The summed E-state index contributed by atoms with van der Waals surface area (Å²) in [6, 6.07) is 5.86. The standard InChI is InChI=1S/C16H26N2O2/c1-6-13-9-12(7-8-14(13)20-5)10-17-15(19)18-11-16(2,3)4/h7-9H,6,10-11H2,1-5H3,(H2,17,18,19). The topological polar surface area (TPSA) is 50.4 Å². The maximum Gasteiger partial charge on any atom is 0.315 e. The molecule has 0 bridgehead atoms. The molecule has 0 atom stereocenters. The molecule has 0 heterocycles. The summed E-state index contributed by atoms with van der Waals surface area (Å²) < 4.78 is 5.29. The highest BCUT2D eigenvalue weighted by molar-refractivity contribution is 5.73. The van der Waals surface area contributed by atoms with E-state index in [0.717, 1.165) is 23.3 Å².